The SMILES string of the molecule is O=C(CCC1CCN(CCCC(=O)C2CCCC2)CC1)c1ccnc(N2CCCC2)c1. The largest absolute Gasteiger partial charge is 0.357 e. The Morgan fingerprint density at radius 1 is 0.935 bits per heavy atom. The molecule has 0 N–H and O–H groups in total. The van der Waals surface area contributed by atoms with Gasteiger partial charge in [0.05, 0.1) is 0 Å². The lowest BCUT2D eigenvalue weighted by molar-refractivity contribution is -0.122. The van der Waals surface area contributed by atoms with Gasteiger partial charge >= 0.3 is 0 Å². The number of aromatic nitrogens is 1. The molecule has 2 aliphatic heterocycles. The van der Waals surface area contributed by atoms with Crippen molar-refractivity contribution in [2.24, 2.45) is 11.8 Å². The van der Waals surface area contributed by atoms with Crippen molar-refractivity contribution in [2.75, 3.05) is 37.6 Å². The van der Waals surface area contributed by atoms with Gasteiger partial charge in [-0.25, -0.2) is 4.98 Å². The van der Waals surface area contributed by atoms with Crippen molar-refractivity contribution in [3.63, 3.8) is 0 Å². The molecule has 0 amide bonds. The summed E-state index contributed by atoms with van der Waals surface area (Å²) >= 11 is 0. The van der Waals surface area contributed by atoms with Gasteiger partial charge in [0.2, 0.25) is 0 Å². The Hall–Kier alpha value is -1.75. The van der Waals surface area contributed by atoms with Crippen LogP contribution in [-0.4, -0.2) is 54.2 Å². The number of likely N-dealkylation sites (tertiary alicyclic amines) is 1. The van der Waals surface area contributed by atoms with Crippen LogP contribution in [0.3, 0.4) is 0 Å². The summed E-state index contributed by atoms with van der Waals surface area (Å²) in [6.07, 6.45) is 14.7. The van der Waals surface area contributed by atoms with Crippen LogP contribution in [0.2, 0.25) is 0 Å². The van der Waals surface area contributed by atoms with Crippen LogP contribution in [-0.2, 0) is 4.79 Å². The molecule has 0 radical (unpaired) electrons. The van der Waals surface area contributed by atoms with E-state index in [-0.39, 0.29) is 5.78 Å². The third kappa shape index (κ3) is 6.38. The van der Waals surface area contributed by atoms with E-state index in [1.54, 1.807) is 6.20 Å². The van der Waals surface area contributed by atoms with Gasteiger partial charge in [0.25, 0.3) is 0 Å². The molecule has 3 fully saturated rings. The molecule has 0 bridgehead atoms. The first kappa shape index (κ1) is 22.4. The monoisotopic (exact) mass is 425 g/mol. The van der Waals surface area contributed by atoms with Gasteiger partial charge in [0.1, 0.15) is 11.6 Å². The Bertz CT molecular complexity index is 730. The number of nitrogens with zero attached hydrogens (tertiary/aromatic N) is 3. The molecule has 0 aromatic carbocycles. The molecule has 170 valence electrons. The van der Waals surface area contributed by atoms with Gasteiger partial charge in [-0.15, -0.1) is 0 Å². The predicted molar refractivity (Wildman–Crippen MR) is 125 cm³/mol. The second-order valence-corrected chi connectivity index (χ2v) is 9.89. The van der Waals surface area contributed by atoms with E-state index in [1.165, 1.54) is 38.5 Å². The zero-order chi connectivity index (χ0) is 21.5. The number of carbonyl (C=O) groups excluding carboxylic acids is 2. The van der Waals surface area contributed by atoms with Crippen molar-refractivity contribution < 1.29 is 9.59 Å². The topological polar surface area (TPSA) is 53.5 Å². The summed E-state index contributed by atoms with van der Waals surface area (Å²) in [5.41, 5.74) is 0.821. The highest BCUT2D eigenvalue weighted by atomic mass is 16.1. The Kier molecular flexibility index (Phi) is 8.12. The molecule has 1 saturated carbocycles. The first-order chi connectivity index (χ1) is 15.2. The molecular formula is C26H39N3O2. The Balaban J connectivity index is 1.13. The van der Waals surface area contributed by atoms with Gasteiger partial charge in [0.15, 0.2) is 5.78 Å². The molecule has 0 atom stereocenters. The van der Waals surface area contributed by atoms with Crippen LogP contribution >= 0.6 is 0 Å². The number of pyridine rings is 1. The van der Waals surface area contributed by atoms with E-state index in [0.29, 0.717) is 24.0 Å². The third-order valence-corrected chi connectivity index (χ3v) is 7.69. The molecule has 2 saturated heterocycles. The fourth-order valence-corrected chi connectivity index (χ4v) is 5.62. The average Bonchev–Trinajstić information content (AvgIpc) is 3.53. The first-order valence-corrected chi connectivity index (χ1v) is 12.7. The lowest BCUT2D eigenvalue weighted by atomic mass is 9.90. The molecule has 31 heavy (non-hydrogen) atoms. The zero-order valence-corrected chi connectivity index (χ0v) is 19.1. The Morgan fingerprint density at radius 2 is 1.68 bits per heavy atom. The fourth-order valence-electron chi connectivity index (χ4n) is 5.62. The molecule has 5 heteroatoms. The van der Waals surface area contributed by atoms with Crippen molar-refractivity contribution in [2.45, 2.75) is 77.0 Å². The number of hydrogen-bond acceptors (Lipinski definition) is 5. The number of ketones is 2. The van der Waals surface area contributed by atoms with Crippen LogP contribution in [0.5, 0.6) is 0 Å². The molecule has 0 spiro atoms. The number of Topliss-reactive ketones (excluding diaryl/α,β-unsaturated/α-hetero) is 2. The standard InChI is InChI=1S/C26H39N3O2/c30-24(22-6-1-2-7-22)8-5-15-28-18-12-21(13-19-28)9-10-25(31)23-11-14-27-26(20-23)29-16-3-4-17-29/h11,14,20-22H,1-10,12-13,15-19H2. The number of carbonyl (C=O) groups is 2. The molecule has 0 unspecified atom stereocenters. The smallest absolute Gasteiger partial charge is 0.163 e. The van der Waals surface area contributed by atoms with Crippen molar-refractivity contribution in [3.05, 3.63) is 23.9 Å². The maximum Gasteiger partial charge on any atom is 0.163 e. The van der Waals surface area contributed by atoms with E-state index in [1.807, 2.05) is 12.1 Å². The molecule has 4 rings (SSSR count). The highest BCUT2D eigenvalue weighted by Crippen LogP contribution is 2.27. The van der Waals surface area contributed by atoms with Crippen LogP contribution in [0.25, 0.3) is 0 Å². The van der Waals surface area contributed by atoms with Crippen LogP contribution in [0.4, 0.5) is 5.82 Å². The summed E-state index contributed by atoms with van der Waals surface area (Å²) in [5, 5.41) is 0. The second kappa shape index (κ2) is 11.2. The summed E-state index contributed by atoms with van der Waals surface area (Å²) in [7, 11) is 0. The summed E-state index contributed by atoms with van der Waals surface area (Å²) in [6, 6.07) is 3.86. The summed E-state index contributed by atoms with van der Waals surface area (Å²) in [5.74, 6) is 2.75. The molecule has 1 aromatic heterocycles. The van der Waals surface area contributed by atoms with Gasteiger partial charge in [-0.2, -0.15) is 0 Å². The van der Waals surface area contributed by atoms with E-state index < -0.39 is 0 Å². The van der Waals surface area contributed by atoms with E-state index in [4.69, 9.17) is 0 Å². The minimum atomic E-state index is 0.260. The Morgan fingerprint density at radius 3 is 2.42 bits per heavy atom. The van der Waals surface area contributed by atoms with E-state index in [0.717, 1.165) is 76.2 Å². The average molecular weight is 426 g/mol. The summed E-state index contributed by atoms with van der Waals surface area (Å²) in [6.45, 7) is 5.39. The molecule has 1 aromatic rings. The second-order valence-electron chi connectivity index (χ2n) is 9.89. The molecule has 3 aliphatic rings. The van der Waals surface area contributed by atoms with Crippen LogP contribution in [0.15, 0.2) is 18.3 Å². The lowest BCUT2D eigenvalue weighted by Gasteiger charge is -2.32. The molecular weight excluding hydrogens is 386 g/mol. The van der Waals surface area contributed by atoms with Crippen molar-refractivity contribution in [1.82, 2.24) is 9.88 Å². The molecule has 1 aliphatic carbocycles. The van der Waals surface area contributed by atoms with Crippen molar-refractivity contribution in [1.29, 1.82) is 0 Å². The van der Waals surface area contributed by atoms with Crippen molar-refractivity contribution in [3.8, 4) is 0 Å². The minimum Gasteiger partial charge on any atom is -0.357 e. The number of rotatable bonds is 10. The number of anilines is 1. The Labute approximate surface area is 187 Å². The highest BCUT2D eigenvalue weighted by molar-refractivity contribution is 5.96. The zero-order valence-electron chi connectivity index (χ0n) is 19.1. The van der Waals surface area contributed by atoms with Crippen LogP contribution < -0.4 is 4.90 Å². The maximum atomic E-state index is 12.7. The summed E-state index contributed by atoms with van der Waals surface area (Å²) < 4.78 is 0. The number of hydrogen-bond donors (Lipinski definition) is 0. The predicted octanol–water partition coefficient (Wildman–Crippen LogP) is 4.90. The third-order valence-electron chi connectivity index (χ3n) is 7.69. The first-order valence-electron chi connectivity index (χ1n) is 12.7. The van der Waals surface area contributed by atoms with Gasteiger partial charge in [-0.1, -0.05) is 12.8 Å². The number of piperidine rings is 1. The van der Waals surface area contributed by atoms with Crippen LogP contribution in [0, 0.1) is 11.8 Å². The van der Waals surface area contributed by atoms with Gasteiger partial charge in [-0.3, -0.25) is 9.59 Å². The highest BCUT2D eigenvalue weighted by Gasteiger charge is 2.24. The minimum absolute atomic E-state index is 0.260. The van der Waals surface area contributed by atoms with E-state index in [2.05, 4.69) is 14.8 Å². The van der Waals surface area contributed by atoms with Gasteiger partial charge in [0, 0.05) is 43.6 Å². The molecule has 3 heterocycles. The maximum absolute atomic E-state index is 12.7. The van der Waals surface area contributed by atoms with Gasteiger partial charge < -0.3 is 9.80 Å². The van der Waals surface area contributed by atoms with Gasteiger partial charge in [-0.05, 0) is 89.1 Å². The van der Waals surface area contributed by atoms with E-state index >= 15 is 0 Å². The lowest BCUT2D eigenvalue weighted by Crippen LogP contribution is -2.34. The quantitative estimate of drug-likeness (QED) is 0.499. The van der Waals surface area contributed by atoms with E-state index in [9.17, 15) is 9.59 Å². The molecule has 5 nitrogen and oxygen atoms in total. The van der Waals surface area contributed by atoms with Crippen LogP contribution in [0.1, 0.15) is 87.4 Å². The normalized spacial score (nSPS) is 21.1. The fraction of sp³-hybridized carbons (Fsp3) is 0.731. The summed E-state index contributed by atoms with van der Waals surface area (Å²) in [4.78, 5) is 34.3. The van der Waals surface area contributed by atoms with Crippen molar-refractivity contribution >= 4 is 17.4 Å².